The van der Waals surface area contributed by atoms with Gasteiger partial charge in [-0.2, -0.15) is 0 Å². The monoisotopic (exact) mass is 243 g/mol. The largest absolute Gasteiger partial charge is 0.444 e. The van der Waals surface area contributed by atoms with Crippen LogP contribution in [0.3, 0.4) is 0 Å². The smallest absolute Gasteiger partial charge is 0.408 e. The number of rotatable bonds is 2. The Morgan fingerprint density at radius 1 is 1.53 bits per heavy atom. The van der Waals surface area contributed by atoms with Gasteiger partial charge in [0.05, 0.1) is 24.4 Å². The summed E-state index contributed by atoms with van der Waals surface area (Å²) in [5.41, 5.74) is -1.18. The molecule has 2 heterocycles. The van der Waals surface area contributed by atoms with Crippen molar-refractivity contribution in [1.29, 1.82) is 0 Å². The Kier molecular flexibility index (Phi) is 3.08. The second-order valence-electron chi connectivity index (χ2n) is 5.97. The third-order valence-electron chi connectivity index (χ3n) is 3.35. The van der Waals surface area contributed by atoms with Crippen molar-refractivity contribution in [2.45, 2.75) is 63.4 Å². The summed E-state index contributed by atoms with van der Waals surface area (Å²) in [7, 11) is 0. The highest BCUT2D eigenvalue weighted by atomic mass is 16.6. The van der Waals surface area contributed by atoms with Crippen LogP contribution >= 0.6 is 0 Å². The van der Waals surface area contributed by atoms with E-state index in [1.807, 2.05) is 20.8 Å². The summed E-state index contributed by atoms with van der Waals surface area (Å²) in [6.07, 6.45) is 2.19. The summed E-state index contributed by atoms with van der Waals surface area (Å²) in [6, 6.07) is 0. The van der Waals surface area contributed by atoms with E-state index in [0.29, 0.717) is 6.42 Å². The minimum Gasteiger partial charge on any atom is -0.444 e. The van der Waals surface area contributed by atoms with Crippen molar-refractivity contribution in [2.24, 2.45) is 0 Å². The van der Waals surface area contributed by atoms with Crippen molar-refractivity contribution in [1.82, 2.24) is 5.32 Å². The predicted octanol–water partition coefficient (Wildman–Crippen LogP) is 1.19. The number of carbonyl (C=O) groups is 1. The molecule has 2 saturated heterocycles. The fraction of sp³-hybridized carbons (Fsp3) is 0.917. The number of aliphatic hydroxyl groups is 1. The van der Waals surface area contributed by atoms with Crippen LogP contribution in [-0.2, 0) is 9.47 Å². The van der Waals surface area contributed by atoms with Crippen LogP contribution in [0, 0.1) is 0 Å². The van der Waals surface area contributed by atoms with Gasteiger partial charge in [-0.1, -0.05) is 0 Å². The lowest BCUT2D eigenvalue weighted by molar-refractivity contribution is 0.0217. The maximum absolute atomic E-state index is 11.8. The number of fused-ring (bicyclic) bond motifs is 2. The maximum atomic E-state index is 11.8. The summed E-state index contributed by atoms with van der Waals surface area (Å²) in [5, 5.41) is 12.3. The van der Waals surface area contributed by atoms with Crippen molar-refractivity contribution >= 4 is 6.09 Å². The average Bonchev–Trinajstić information content (AvgIpc) is 2.74. The number of alkyl carbamates (subject to hydrolysis) is 1. The van der Waals surface area contributed by atoms with E-state index >= 15 is 0 Å². The molecule has 0 aromatic rings. The molecule has 0 saturated carbocycles. The normalized spacial score (nSPS) is 36.0. The van der Waals surface area contributed by atoms with Gasteiger partial charge in [0.1, 0.15) is 5.60 Å². The van der Waals surface area contributed by atoms with Crippen molar-refractivity contribution in [3.05, 3.63) is 0 Å². The van der Waals surface area contributed by atoms with Gasteiger partial charge >= 0.3 is 6.09 Å². The number of nitrogens with one attached hydrogen (secondary N) is 1. The SMILES string of the molecule is CC(C)(C)OC(=O)NC1(CO)CC2CCC1O2. The molecular weight excluding hydrogens is 222 g/mol. The highest BCUT2D eigenvalue weighted by Gasteiger charge is 2.53. The second kappa shape index (κ2) is 4.14. The van der Waals surface area contributed by atoms with Crippen LogP contribution < -0.4 is 5.32 Å². The first kappa shape index (κ1) is 12.6. The van der Waals surface area contributed by atoms with Crippen LogP contribution in [0.5, 0.6) is 0 Å². The van der Waals surface area contributed by atoms with Crippen molar-refractivity contribution in [2.75, 3.05) is 6.61 Å². The molecule has 2 bridgehead atoms. The van der Waals surface area contributed by atoms with E-state index in [9.17, 15) is 9.90 Å². The van der Waals surface area contributed by atoms with Gasteiger partial charge in [-0.3, -0.25) is 0 Å². The van der Waals surface area contributed by atoms with Crippen molar-refractivity contribution in [3.8, 4) is 0 Å². The van der Waals surface area contributed by atoms with E-state index in [0.717, 1.165) is 12.8 Å². The molecule has 2 N–H and O–H groups in total. The lowest BCUT2D eigenvalue weighted by Crippen LogP contribution is -2.58. The van der Waals surface area contributed by atoms with E-state index in [2.05, 4.69) is 5.32 Å². The lowest BCUT2D eigenvalue weighted by atomic mass is 9.82. The fourth-order valence-electron chi connectivity index (χ4n) is 2.64. The first-order valence-corrected chi connectivity index (χ1v) is 6.12. The first-order chi connectivity index (χ1) is 7.85. The zero-order valence-electron chi connectivity index (χ0n) is 10.7. The number of aliphatic hydroxyl groups excluding tert-OH is 1. The highest BCUT2D eigenvalue weighted by molar-refractivity contribution is 5.69. The van der Waals surface area contributed by atoms with Crippen LogP contribution in [0.2, 0.25) is 0 Å². The summed E-state index contributed by atoms with van der Waals surface area (Å²) in [4.78, 5) is 11.8. The molecule has 1 amide bonds. The molecule has 5 nitrogen and oxygen atoms in total. The molecule has 0 radical (unpaired) electrons. The van der Waals surface area contributed by atoms with Gasteiger partial charge in [0.25, 0.3) is 0 Å². The van der Waals surface area contributed by atoms with E-state index < -0.39 is 17.2 Å². The molecule has 17 heavy (non-hydrogen) atoms. The zero-order chi connectivity index (χ0) is 12.7. The summed E-state index contributed by atoms with van der Waals surface area (Å²) in [6.45, 7) is 5.34. The van der Waals surface area contributed by atoms with Crippen LogP contribution in [0.15, 0.2) is 0 Å². The molecule has 0 aliphatic carbocycles. The highest BCUT2D eigenvalue weighted by Crippen LogP contribution is 2.41. The average molecular weight is 243 g/mol. The Bertz CT molecular complexity index is 312. The second-order valence-corrected chi connectivity index (χ2v) is 5.97. The molecule has 2 aliphatic heterocycles. The predicted molar refractivity (Wildman–Crippen MR) is 61.7 cm³/mol. The zero-order valence-corrected chi connectivity index (χ0v) is 10.7. The number of hydrogen-bond donors (Lipinski definition) is 2. The van der Waals surface area contributed by atoms with Crippen LogP contribution in [0.1, 0.15) is 40.0 Å². The minimum absolute atomic E-state index is 0.0787. The van der Waals surface area contributed by atoms with Crippen LogP contribution in [0.25, 0.3) is 0 Å². The van der Waals surface area contributed by atoms with Crippen LogP contribution in [0.4, 0.5) is 4.79 Å². The Hall–Kier alpha value is -0.810. The molecule has 0 aromatic carbocycles. The molecule has 98 valence electrons. The number of carbonyl (C=O) groups excluding carboxylic acids is 1. The van der Waals surface area contributed by atoms with Crippen molar-refractivity contribution in [3.63, 3.8) is 0 Å². The summed E-state index contributed by atoms with van der Waals surface area (Å²) in [5.74, 6) is 0. The summed E-state index contributed by atoms with van der Waals surface area (Å²) < 4.78 is 10.9. The van der Waals surface area contributed by atoms with Gasteiger partial charge in [-0.15, -0.1) is 0 Å². The van der Waals surface area contributed by atoms with Gasteiger partial charge in [0.2, 0.25) is 0 Å². The number of hydrogen-bond acceptors (Lipinski definition) is 4. The standard InChI is InChI=1S/C12H21NO4/c1-11(2,3)17-10(15)13-12(7-14)6-8-4-5-9(12)16-8/h8-9,14H,4-7H2,1-3H3,(H,13,15). The van der Waals surface area contributed by atoms with Gasteiger partial charge < -0.3 is 19.9 Å². The van der Waals surface area contributed by atoms with E-state index in [4.69, 9.17) is 9.47 Å². The number of amides is 1. The third kappa shape index (κ3) is 2.55. The molecule has 0 aromatic heterocycles. The first-order valence-electron chi connectivity index (χ1n) is 6.12. The summed E-state index contributed by atoms with van der Waals surface area (Å²) >= 11 is 0. The topological polar surface area (TPSA) is 67.8 Å². The molecule has 5 heteroatoms. The third-order valence-corrected chi connectivity index (χ3v) is 3.35. The Morgan fingerprint density at radius 3 is 2.65 bits per heavy atom. The molecule has 3 atom stereocenters. The Labute approximate surface area is 101 Å². The molecule has 0 spiro atoms. The van der Waals surface area contributed by atoms with Gasteiger partial charge in [0.15, 0.2) is 0 Å². The van der Waals surface area contributed by atoms with Gasteiger partial charge in [0, 0.05) is 6.42 Å². The quantitative estimate of drug-likeness (QED) is 0.764. The molecule has 2 rings (SSSR count). The molecular formula is C12H21NO4. The van der Waals surface area contributed by atoms with Gasteiger partial charge in [-0.05, 0) is 33.6 Å². The molecule has 2 aliphatic rings. The molecule has 3 unspecified atom stereocenters. The van der Waals surface area contributed by atoms with Crippen LogP contribution in [-0.4, -0.2) is 41.2 Å². The van der Waals surface area contributed by atoms with E-state index in [-0.39, 0.29) is 18.8 Å². The minimum atomic E-state index is -0.648. The Morgan fingerprint density at radius 2 is 2.24 bits per heavy atom. The van der Waals surface area contributed by atoms with Gasteiger partial charge in [-0.25, -0.2) is 4.79 Å². The number of ether oxygens (including phenoxy) is 2. The Balaban J connectivity index is 1.99. The van der Waals surface area contributed by atoms with E-state index in [1.54, 1.807) is 0 Å². The maximum Gasteiger partial charge on any atom is 0.408 e. The van der Waals surface area contributed by atoms with Crippen molar-refractivity contribution < 1.29 is 19.4 Å². The van der Waals surface area contributed by atoms with E-state index in [1.165, 1.54) is 0 Å². The molecule has 2 fully saturated rings. The lowest BCUT2D eigenvalue weighted by Gasteiger charge is -2.35. The fourth-order valence-corrected chi connectivity index (χ4v) is 2.64.